The minimum Gasteiger partial charge on any atom is -0.508 e. The number of pyridine rings is 1. The van der Waals surface area contributed by atoms with Gasteiger partial charge < -0.3 is 10.2 Å². The lowest BCUT2D eigenvalue weighted by molar-refractivity contribution is 0.0687. The molecule has 3 aromatic rings. The van der Waals surface area contributed by atoms with Gasteiger partial charge in [0.2, 0.25) is 0 Å². The van der Waals surface area contributed by atoms with Gasteiger partial charge in [0.1, 0.15) is 5.75 Å². The molecule has 21 heavy (non-hydrogen) atoms. The summed E-state index contributed by atoms with van der Waals surface area (Å²) >= 11 is 0. The van der Waals surface area contributed by atoms with Crippen LogP contribution in [0.5, 0.6) is 5.75 Å². The third-order valence-electron chi connectivity index (χ3n) is 3.00. The first kappa shape index (κ1) is 12.9. The number of phenolic OH excluding ortho intramolecular Hbond substituents is 1. The molecule has 104 valence electrons. The summed E-state index contributed by atoms with van der Waals surface area (Å²) in [4.78, 5) is 15.3. The number of nitrogens with zero attached hydrogens (tertiary/aromatic N) is 3. The molecule has 2 aromatic heterocycles. The van der Waals surface area contributed by atoms with Crippen molar-refractivity contribution in [2.75, 3.05) is 0 Å². The van der Waals surface area contributed by atoms with E-state index in [2.05, 4.69) is 10.1 Å². The third kappa shape index (κ3) is 2.46. The summed E-state index contributed by atoms with van der Waals surface area (Å²) < 4.78 is 1.33. The molecular weight excluding hydrogens is 270 g/mol. The Morgan fingerprint density at radius 1 is 1.05 bits per heavy atom. The number of hydrogen-bond acceptors (Lipinski definition) is 4. The van der Waals surface area contributed by atoms with Crippen molar-refractivity contribution in [3.8, 4) is 22.7 Å². The van der Waals surface area contributed by atoms with Crippen molar-refractivity contribution >= 4 is 5.97 Å². The molecule has 0 aliphatic carbocycles. The molecule has 0 radical (unpaired) electrons. The van der Waals surface area contributed by atoms with Gasteiger partial charge in [0.05, 0.1) is 11.4 Å². The second-order valence-electron chi connectivity index (χ2n) is 4.38. The molecule has 0 saturated carbocycles. The van der Waals surface area contributed by atoms with Gasteiger partial charge >= 0.3 is 5.97 Å². The Morgan fingerprint density at radius 3 is 2.33 bits per heavy atom. The molecule has 3 rings (SSSR count). The molecule has 0 aliphatic rings. The Hall–Kier alpha value is -3.15. The van der Waals surface area contributed by atoms with Gasteiger partial charge in [-0.2, -0.15) is 5.10 Å². The average Bonchev–Trinajstić information content (AvgIpc) is 2.94. The predicted octanol–water partition coefficient (Wildman–Crippen LogP) is 2.34. The Balaban J connectivity index is 2.14. The van der Waals surface area contributed by atoms with Crippen LogP contribution >= 0.6 is 0 Å². The predicted molar refractivity (Wildman–Crippen MR) is 75.4 cm³/mol. The standard InChI is InChI=1S/C15H11N3O3/c19-12-3-1-11(2-4-12)18-14(15(20)21)9-13(17-18)10-5-7-16-8-6-10/h1-9,19H,(H,20,21). The zero-order valence-corrected chi connectivity index (χ0v) is 10.8. The van der Waals surface area contributed by atoms with Crippen molar-refractivity contribution in [3.63, 3.8) is 0 Å². The molecule has 2 N–H and O–H groups in total. The van der Waals surface area contributed by atoms with Gasteiger partial charge in [-0.25, -0.2) is 9.48 Å². The SMILES string of the molecule is O=C(O)c1cc(-c2ccncc2)nn1-c1ccc(O)cc1. The monoisotopic (exact) mass is 281 g/mol. The highest BCUT2D eigenvalue weighted by Crippen LogP contribution is 2.22. The third-order valence-corrected chi connectivity index (χ3v) is 3.00. The van der Waals surface area contributed by atoms with Gasteiger partial charge in [-0.05, 0) is 42.5 Å². The number of carboxylic acid groups (broad SMARTS) is 1. The molecule has 6 nitrogen and oxygen atoms in total. The molecule has 0 aliphatic heterocycles. The number of hydrogen-bond donors (Lipinski definition) is 2. The summed E-state index contributed by atoms with van der Waals surface area (Å²) in [5.41, 5.74) is 1.94. The topological polar surface area (TPSA) is 88.2 Å². The summed E-state index contributed by atoms with van der Waals surface area (Å²) in [5.74, 6) is -0.965. The van der Waals surface area contributed by atoms with Crippen LogP contribution in [0.1, 0.15) is 10.5 Å². The fourth-order valence-electron chi connectivity index (χ4n) is 1.99. The Kier molecular flexibility index (Phi) is 3.12. The van der Waals surface area contributed by atoms with Crippen molar-refractivity contribution in [2.45, 2.75) is 0 Å². The van der Waals surface area contributed by atoms with E-state index in [1.807, 2.05) is 0 Å². The lowest BCUT2D eigenvalue weighted by atomic mass is 10.2. The lowest BCUT2D eigenvalue weighted by Gasteiger charge is -2.04. The molecule has 0 unspecified atom stereocenters. The maximum absolute atomic E-state index is 11.4. The van der Waals surface area contributed by atoms with Gasteiger partial charge in [0.25, 0.3) is 0 Å². The molecule has 0 amide bonds. The number of benzene rings is 1. The lowest BCUT2D eigenvalue weighted by Crippen LogP contribution is -2.07. The Bertz CT molecular complexity index is 780. The number of aromatic hydroxyl groups is 1. The Labute approximate surface area is 119 Å². The Morgan fingerprint density at radius 2 is 1.71 bits per heavy atom. The van der Waals surface area contributed by atoms with E-state index in [-0.39, 0.29) is 11.4 Å². The van der Waals surface area contributed by atoms with Crippen molar-refractivity contribution in [1.82, 2.24) is 14.8 Å². The highest BCUT2D eigenvalue weighted by atomic mass is 16.4. The minimum atomic E-state index is -1.07. The van der Waals surface area contributed by atoms with Gasteiger partial charge in [0.15, 0.2) is 5.69 Å². The molecule has 0 saturated heterocycles. The van der Waals surface area contributed by atoms with Gasteiger partial charge in [-0.15, -0.1) is 0 Å². The van der Waals surface area contributed by atoms with Crippen LogP contribution in [0.3, 0.4) is 0 Å². The van der Waals surface area contributed by atoms with Crippen LogP contribution in [-0.4, -0.2) is 30.9 Å². The summed E-state index contributed by atoms with van der Waals surface area (Å²) in [6.45, 7) is 0. The number of rotatable bonds is 3. The molecule has 6 heteroatoms. The van der Waals surface area contributed by atoms with E-state index in [4.69, 9.17) is 0 Å². The average molecular weight is 281 g/mol. The van der Waals surface area contributed by atoms with E-state index in [0.29, 0.717) is 11.4 Å². The van der Waals surface area contributed by atoms with E-state index in [1.54, 1.807) is 36.7 Å². The summed E-state index contributed by atoms with van der Waals surface area (Å²) in [6.07, 6.45) is 3.24. The number of carbonyl (C=O) groups is 1. The summed E-state index contributed by atoms with van der Waals surface area (Å²) in [5, 5.41) is 23.0. The highest BCUT2D eigenvalue weighted by molar-refractivity contribution is 5.88. The van der Waals surface area contributed by atoms with Crippen LogP contribution in [0.2, 0.25) is 0 Å². The molecule has 0 fully saturated rings. The van der Waals surface area contributed by atoms with Crippen LogP contribution in [-0.2, 0) is 0 Å². The smallest absolute Gasteiger partial charge is 0.354 e. The highest BCUT2D eigenvalue weighted by Gasteiger charge is 2.16. The maximum Gasteiger partial charge on any atom is 0.354 e. The molecular formula is C15H11N3O3. The first-order chi connectivity index (χ1) is 10.1. The quantitative estimate of drug-likeness (QED) is 0.769. The van der Waals surface area contributed by atoms with Gasteiger partial charge in [0, 0.05) is 18.0 Å². The van der Waals surface area contributed by atoms with Crippen LogP contribution < -0.4 is 0 Å². The second-order valence-corrected chi connectivity index (χ2v) is 4.38. The second kappa shape index (κ2) is 5.09. The molecule has 0 bridgehead atoms. The van der Waals surface area contributed by atoms with E-state index < -0.39 is 5.97 Å². The van der Waals surface area contributed by atoms with Crippen LogP contribution in [0.25, 0.3) is 16.9 Å². The van der Waals surface area contributed by atoms with Crippen molar-refractivity contribution in [2.24, 2.45) is 0 Å². The first-order valence-electron chi connectivity index (χ1n) is 6.18. The number of phenols is 1. The summed E-state index contributed by atoms with van der Waals surface area (Å²) in [6, 6.07) is 11.2. The molecule has 2 heterocycles. The van der Waals surface area contributed by atoms with Crippen LogP contribution in [0, 0.1) is 0 Å². The van der Waals surface area contributed by atoms with E-state index >= 15 is 0 Å². The fourth-order valence-corrected chi connectivity index (χ4v) is 1.99. The molecule has 0 spiro atoms. The zero-order chi connectivity index (χ0) is 14.8. The summed E-state index contributed by atoms with van der Waals surface area (Å²) in [7, 11) is 0. The van der Waals surface area contributed by atoms with Crippen LogP contribution in [0.4, 0.5) is 0 Å². The van der Waals surface area contributed by atoms with Crippen molar-refractivity contribution < 1.29 is 15.0 Å². The fraction of sp³-hybridized carbons (Fsp3) is 0. The van der Waals surface area contributed by atoms with Crippen LogP contribution in [0.15, 0.2) is 54.9 Å². The van der Waals surface area contributed by atoms with Crippen molar-refractivity contribution in [3.05, 3.63) is 60.6 Å². The zero-order valence-electron chi connectivity index (χ0n) is 10.8. The molecule has 1 aromatic carbocycles. The van der Waals surface area contributed by atoms with Gasteiger partial charge in [-0.1, -0.05) is 0 Å². The maximum atomic E-state index is 11.4. The largest absolute Gasteiger partial charge is 0.508 e. The van der Waals surface area contributed by atoms with E-state index in [9.17, 15) is 15.0 Å². The van der Waals surface area contributed by atoms with Gasteiger partial charge in [-0.3, -0.25) is 4.98 Å². The normalized spacial score (nSPS) is 10.5. The number of aromatic nitrogens is 3. The number of carboxylic acids is 1. The van der Waals surface area contributed by atoms with Crippen molar-refractivity contribution in [1.29, 1.82) is 0 Å². The first-order valence-corrected chi connectivity index (χ1v) is 6.18. The minimum absolute atomic E-state index is 0.0486. The van der Waals surface area contributed by atoms with E-state index in [1.165, 1.54) is 22.9 Å². The molecule has 0 atom stereocenters. The number of aromatic carboxylic acids is 1. The van der Waals surface area contributed by atoms with E-state index in [0.717, 1.165) is 5.56 Å².